The molecule has 0 aliphatic rings. The summed E-state index contributed by atoms with van der Waals surface area (Å²) >= 11 is 0. The van der Waals surface area contributed by atoms with Crippen LogP contribution in [0.15, 0.2) is 12.3 Å². The van der Waals surface area contributed by atoms with Gasteiger partial charge in [0.05, 0.1) is 0 Å². The summed E-state index contributed by atoms with van der Waals surface area (Å²) in [6.45, 7) is 2.99. The zero-order valence-electron chi connectivity index (χ0n) is 7.38. The zero-order valence-corrected chi connectivity index (χ0v) is 7.38. The van der Waals surface area contributed by atoms with Crippen LogP contribution in [0.25, 0.3) is 0 Å². The second kappa shape index (κ2) is 2.84. The molecule has 0 aromatic carbocycles. The number of rotatable bonds is 2. The van der Waals surface area contributed by atoms with Crippen molar-refractivity contribution in [3.8, 4) is 0 Å². The van der Waals surface area contributed by atoms with Gasteiger partial charge >= 0.3 is 0 Å². The van der Waals surface area contributed by atoms with Crippen LogP contribution >= 0.6 is 0 Å². The maximum absolute atomic E-state index is 13.3. The summed E-state index contributed by atoms with van der Waals surface area (Å²) in [4.78, 5) is 0. The molecule has 0 bridgehead atoms. The van der Waals surface area contributed by atoms with Gasteiger partial charge < -0.3 is 0 Å². The first-order valence-electron chi connectivity index (χ1n) is 3.82. The third-order valence-corrected chi connectivity index (χ3v) is 1.89. The molecule has 0 aliphatic heterocycles. The lowest BCUT2D eigenvalue weighted by atomic mass is 10.0. The molecule has 0 fully saturated rings. The van der Waals surface area contributed by atoms with Crippen molar-refractivity contribution in [3.05, 3.63) is 18.0 Å². The van der Waals surface area contributed by atoms with E-state index in [1.165, 1.54) is 37.8 Å². The highest BCUT2D eigenvalue weighted by atomic mass is 19.3. The van der Waals surface area contributed by atoms with E-state index in [1.807, 2.05) is 0 Å². The molecule has 1 aromatic heterocycles. The number of halogens is 2. The summed E-state index contributed by atoms with van der Waals surface area (Å²) in [6.07, 6.45) is 1.38. The fourth-order valence-electron chi connectivity index (χ4n) is 0.997. The standard InChI is InChI=1S/C8H12F2N2/c1-6(2)8(9,10)7-4-5-11-12(7)3/h4-6H,1-3H3. The topological polar surface area (TPSA) is 17.8 Å². The van der Waals surface area contributed by atoms with E-state index in [2.05, 4.69) is 5.10 Å². The maximum Gasteiger partial charge on any atom is 0.291 e. The van der Waals surface area contributed by atoms with E-state index in [0.717, 1.165) is 0 Å². The molecule has 0 spiro atoms. The van der Waals surface area contributed by atoms with Gasteiger partial charge in [0.2, 0.25) is 0 Å². The Hall–Kier alpha value is -0.930. The number of hydrogen-bond donors (Lipinski definition) is 0. The van der Waals surface area contributed by atoms with Crippen LogP contribution in [-0.4, -0.2) is 9.78 Å². The molecule has 0 radical (unpaired) electrons. The van der Waals surface area contributed by atoms with E-state index in [-0.39, 0.29) is 5.69 Å². The number of hydrogen-bond acceptors (Lipinski definition) is 1. The van der Waals surface area contributed by atoms with E-state index in [9.17, 15) is 8.78 Å². The van der Waals surface area contributed by atoms with E-state index in [1.54, 1.807) is 0 Å². The number of alkyl halides is 2. The first-order valence-corrected chi connectivity index (χ1v) is 3.82. The van der Waals surface area contributed by atoms with Crippen LogP contribution in [0.4, 0.5) is 8.78 Å². The second-order valence-electron chi connectivity index (χ2n) is 3.12. The van der Waals surface area contributed by atoms with Crippen molar-refractivity contribution in [2.24, 2.45) is 13.0 Å². The monoisotopic (exact) mass is 174 g/mol. The van der Waals surface area contributed by atoms with Gasteiger partial charge in [-0.15, -0.1) is 0 Å². The molecule has 0 unspecified atom stereocenters. The zero-order chi connectivity index (χ0) is 9.35. The molecular weight excluding hydrogens is 162 g/mol. The number of nitrogens with zero attached hydrogens (tertiary/aromatic N) is 2. The van der Waals surface area contributed by atoms with Crippen molar-refractivity contribution in [3.63, 3.8) is 0 Å². The molecule has 12 heavy (non-hydrogen) atoms. The fraction of sp³-hybridized carbons (Fsp3) is 0.625. The van der Waals surface area contributed by atoms with Gasteiger partial charge in [-0.3, -0.25) is 4.68 Å². The molecular formula is C8H12F2N2. The molecule has 1 heterocycles. The minimum Gasteiger partial charge on any atom is -0.267 e. The molecule has 0 aliphatic carbocycles. The molecule has 68 valence electrons. The third kappa shape index (κ3) is 1.33. The Labute approximate surface area is 70.2 Å². The first-order chi connectivity index (χ1) is 5.46. The quantitative estimate of drug-likeness (QED) is 0.671. The maximum atomic E-state index is 13.3. The minimum absolute atomic E-state index is 0.0301. The predicted octanol–water partition coefficient (Wildman–Crippen LogP) is 2.17. The summed E-state index contributed by atoms with van der Waals surface area (Å²) in [5, 5.41) is 3.70. The molecule has 0 N–H and O–H groups in total. The van der Waals surface area contributed by atoms with Crippen LogP contribution in [-0.2, 0) is 13.0 Å². The minimum atomic E-state index is -2.79. The molecule has 1 aromatic rings. The van der Waals surface area contributed by atoms with Crippen LogP contribution < -0.4 is 0 Å². The van der Waals surface area contributed by atoms with E-state index < -0.39 is 11.8 Å². The fourth-order valence-corrected chi connectivity index (χ4v) is 0.997. The Morgan fingerprint density at radius 1 is 1.50 bits per heavy atom. The highest BCUT2D eigenvalue weighted by Gasteiger charge is 2.37. The van der Waals surface area contributed by atoms with Crippen LogP contribution in [0, 0.1) is 5.92 Å². The Kier molecular flexibility index (Phi) is 2.17. The van der Waals surface area contributed by atoms with Crippen LogP contribution in [0.2, 0.25) is 0 Å². The third-order valence-electron chi connectivity index (χ3n) is 1.89. The average Bonchev–Trinajstić information content (AvgIpc) is 2.35. The normalized spacial score (nSPS) is 12.5. The number of aryl methyl sites for hydroxylation is 1. The van der Waals surface area contributed by atoms with Crippen molar-refractivity contribution in [1.29, 1.82) is 0 Å². The molecule has 1 rings (SSSR count). The molecule has 2 nitrogen and oxygen atoms in total. The first kappa shape index (κ1) is 9.16. The van der Waals surface area contributed by atoms with Crippen LogP contribution in [0.1, 0.15) is 19.5 Å². The molecule has 0 saturated heterocycles. The van der Waals surface area contributed by atoms with Gasteiger partial charge in [0.1, 0.15) is 5.69 Å². The van der Waals surface area contributed by atoms with Gasteiger partial charge in [-0.1, -0.05) is 13.8 Å². The van der Waals surface area contributed by atoms with Crippen LogP contribution in [0.3, 0.4) is 0 Å². The van der Waals surface area contributed by atoms with Crippen LogP contribution in [0.5, 0.6) is 0 Å². The Bertz CT molecular complexity index is 266. The van der Waals surface area contributed by atoms with E-state index in [4.69, 9.17) is 0 Å². The van der Waals surface area contributed by atoms with Crippen molar-refractivity contribution in [1.82, 2.24) is 9.78 Å². The van der Waals surface area contributed by atoms with Crippen molar-refractivity contribution in [2.45, 2.75) is 19.8 Å². The van der Waals surface area contributed by atoms with Gasteiger partial charge in [-0.25, -0.2) is 0 Å². The van der Waals surface area contributed by atoms with Gasteiger partial charge in [0.15, 0.2) is 0 Å². The van der Waals surface area contributed by atoms with Crippen molar-refractivity contribution in [2.75, 3.05) is 0 Å². The summed E-state index contributed by atoms with van der Waals surface area (Å²) in [5.41, 5.74) is -0.0301. The molecule has 0 saturated carbocycles. The van der Waals surface area contributed by atoms with Gasteiger partial charge in [0.25, 0.3) is 5.92 Å². The Morgan fingerprint density at radius 2 is 2.08 bits per heavy atom. The van der Waals surface area contributed by atoms with Crippen molar-refractivity contribution < 1.29 is 8.78 Å². The molecule has 0 amide bonds. The lowest BCUT2D eigenvalue weighted by molar-refractivity contribution is -0.0586. The summed E-state index contributed by atoms with van der Waals surface area (Å²) in [5.74, 6) is -3.49. The van der Waals surface area contributed by atoms with E-state index in [0.29, 0.717) is 0 Å². The largest absolute Gasteiger partial charge is 0.291 e. The molecule has 4 heteroatoms. The van der Waals surface area contributed by atoms with Gasteiger partial charge in [0, 0.05) is 19.2 Å². The smallest absolute Gasteiger partial charge is 0.267 e. The summed E-state index contributed by atoms with van der Waals surface area (Å²) in [7, 11) is 1.52. The molecule has 0 atom stereocenters. The lowest BCUT2D eigenvalue weighted by Crippen LogP contribution is -2.24. The summed E-state index contributed by atoms with van der Waals surface area (Å²) in [6, 6.07) is 1.35. The second-order valence-corrected chi connectivity index (χ2v) is 3.12. The highest BCUT2D eigenvalue weighted by Crippen LogP contribution is 2.34. The highest BCUT2D eigenvalue weighted by molar-refractivity contribution is 5.08. The summed E-state index contributed by atoms with van der Waals surface area (Å²) < 4.78 is 27.8. The Balaban J connectivity index is 3.05. The SMILES string of the molecule is CC(C)C(F)(F)c1ccnn1C. The predicted molar refractivity (Wildman–Crippen MR) is 41.9 cm³/mol. The lowest BCUT2D eigenvalue weighted by Gasteiger charge is -2.19. The van der Waals surface area contributed by atoms with Gasteiger partial charge in [-0.05, 0) is 6.07 Å². The average molecular weight is 174 g/mol. The Morgan fingerprint density at radius 3 is 2.42 bits per heavy atom. The number of aromatic nitrogens is 2. The van der Waals surface area contributed by atoms with E-state index >= 15 is 0 Å². The van der Waals surface area contributed by atoms with Gasteiger partial charge in [-0.2, -0.15) is 13.9 Å². The van der Waals surface area contributed by atoms with Crippen molar-refractivity contribution >= 4 is 0 Å².